The molecule has 0 bridgehead atoms. The Morgan fingerprint density at radius 3 is 2.72 bits per heavy atom. The summed E-state index contributed by atoms with van der Waals surface area (Å²) in [4.78, 5) is 22.7. The SMILES string of the molecule is O=C(O)Cn1cc(C(=O)Nc2cnn(Cc3cccc(F)c3)c2)cn1. The summed E-state index contributed by atoms with van der Waals surface area (Å²) in [5, 5.41) is 19.3. The monoisotopic (exact) mass is 343 g/mol. The first-order valence-corrected chi connectivity index (χ1v) is 7.32. The van der Waals surface area contributed by atoms with Crippen molar-refractivity contribution in [1.29, 1.82) is 0 Å². The Kier molecular flexibility index (Phi) is 4.55. The molecule has 0 atom stereocenters. The summed E-state index contributed by atoms with van der Waals surface area (Å²) in [6.45, 7) is 0.0447. The number of carbonyl (C=O) groups is 2. The van der Waals surface area contributed by atoms with Crippen LogP contribution in [0, 0.1) is 5.82 Å². The average molecular weight is 343 g/mol. The van der Waals surface area contributed by atoms with E-state index in [9.17, 15) is 14.0 Å². The molecule has 8 nitrogen and oxygen atoms in total. The highest BCUT2D eigenvalue weighted by atomic mass is 19.1. The van der Waals surface area contributed by atoms with E-state index in [0.29, 0.717) is 12.2 Å². The van der Waals surface area contributed by atoms with Gasteiger partial charge in [-0.3, -0.25) is 19.0 Å². The Hall–Kier alpha value is -3.49. The molecule has 0 aliphatic rings. The molecule has 0 fully saturated rings. The van der Waals surface area contributed by atoms with Crippen LogP contribution in [0.3, 0.4) is 0 Å². The summed E-state index contributed by atoms with van der Waals surface area (Å²) in [5.41, 5.74) is 1.45. The van der Waals surface area contributed by atoms with Crippen LogP contribution in [-0.2, 0) is 17.9 Å². The molecule has 128 valence electrons. The fraction of sp³-hybridized carbons (Fsp3) is 0.125. The summed E-state index contributed by atoms with van der Waals surface area (Å²) >= 11 is 0. The van der Waals surface area contributed by atoms with Gasteiger partial charge in [0.1, 0.15) is 12.4 Å². The van der Waals surface area contributed by atoms with Gasteiger partial charge in [-0.2, -0.15) is 10.2 Å². The summed E-state index contributed by atoms with van der Waals surface area (Å²) in [5.74, 6) is -1.80. The quantitative estimate of drug-likeness (QED) is 0.708. The lowest BCUT2D eigenvalue weighted by atomic mass is 10.2. The minimum atomic E-state index is -1.05. The second-order valence-electron chi connectivity index (χ2n) is 5.33. The lowest BCUT2D eigenvalue weighted by molar-refractivity contribution is -0.137. The number of nitrogens with one attached hydrogen (secondary N) is 1. The van der Waals surface area contributed by atoms with Gasteiger partial charge in [-0.1, -0.05) is 12.1 Å². The number of carbonyl (C=O) groups excluding carboxylic acids is 1. The number of rotatable bonds is 6. The number of hydrogen-bond donors (Lipinski definition) is 2. The number of halogens is 1. The van der Waals surface area contributed by atoms with Crippen molar-refractivity contribution in [3.8, 4) is 0 Å². The van der Waals surface area contributed by atoms with Gasteiger partial charge in [0, 0.05) is 12.4 Å². The Labute approximate surface area is 141 Å². The number of anilines is 1. The van der Waals surface area contributed by atoms with Crippen LogP contribution in [0.25, 0.3) is 0 Å². The van der Waals surface area contributed by atoms with Gasteiger partial charge in [-0.05, 0) is 17.7 Å². The normalized spacial score (nSPS) is 10.6. The zero-order chi connectivity index (χ0) is 17.8. The van der Waals surface area contributed by atoms with Gasteiger partial charge < -0.3 is 10.4 Å². The maximum absolute atomic E-state index is 13.2. The highest BCUT2D eigenvalue weighted by Crippen LogP contribution is 2.11. The van der Waals surface area contributed by atoms with E-state index in [-0.39, 0.29) is 17.9 Å². The van der Waals surface area contributed by atoms with Crippen LogP contribution in [0.4, 0.5) is 10.1 Å². The van der Waals surface area contributed by atoms with E-state index in [1.54, 1.807) is 23.0 Å². The number of amides is 1. The molecule has 0 saturated heterocycles. The summed E-state index contributed by atoms with van der Waals surface area (Å²) in [6.07, 6.45) is 5.72. The fourth-order valence-electron chi connectivity index (χ4n) is 2.25. The molecule has 0 aliphatic heterocycles. The summed E-state index contributed by atoms with van der Waals surface area (Å²) < 4.78 is 15.9. The average Bonchev–Trinajstić information content (AvgIpc) is 3.16. The second-order valence-corrected chi connectivity index (χ2v) is 5.33. The number of aromatic nitrogens is 4. The predicted octanol–water partition coefficient (Wildman–Crippen LogP) is 1.60. The first-order chi connectivity index (χ1) is 12.0. The van der Waals surface area contributed by atoms with Crippen molar-refractivity contribution in [2.45, 2.75) is 13.1 Å². The zero-order valence-electron chi connectivity index (χ0n) is 13.0. The maximum atomic E-state index is 13.2. The van der Waals surface area contributed by atoms with Gasteiger partial charge in [-0.25, -0.2) is 4.39 Å². The van der Waals surface area contributed by atoms with Crippen molar-refractivity contribution in [1.82, 2.24) is 19.6 Å². The van der Waals surface area contributed by atoms with Crippen LogP contribution in [0.1, 0.15) is 15.9 Å². The van der Waals surface area contributed by atoms with E-state index in [0.717, 1.165) is 10.2 Å². The molecule has 0 spiro atoms. The third-order valence-electron chi connectivity index (χ3n) is 3.32. The van der Waals surface area contributed by atoms with Crippen molar-refractivity contribution in [3.05, 3.63) is 66.0 Å². The Bertz CT molecular complexity index is 918. The van der Waals surface area contributed by atoms with E-state index in [2.05, 4.69) is 15.5 Å². The van der Waals surface area contributed by atoms with Gasteiger partial charge >= 0.3 is 5.97 Å². The Morgan fingerprint density at radius 1 is 1.16 bits per heavy atom. The number of aliphatic carboxylic acids is 1. The first kappa shape index (κ1) is 16.4. The van der Waals surface area contributed by atoms with Crippen LogP contribution in [0.5, 0.6) is 0 Å². The molecular formula is C16H14FN5O3. The fourth-order valence-corrected chi connectivity index (χ4v) is 2.25. The standard InChI is InChI=1S/C16H14FN5O3/c17-13-3-1-2-11(4-13)7-21-9-14(6-19-21)20-16(25)12-5-18-22(8-12)10-15(23)24/h1-6,8-9H,7,10H2,(H,20,25)(H,23,24). The van der Waals surface area contributed by atoms with Gasteiger partial charge in [0.25, 0.3) is 5.91 Å². The van der Waals surface area contributed by atoms with Crippen LogP contribution in [0.15, 0.2) is 49.1 Å². The van der Waals surface area contributed by atoms with Gasteiger partial charge in [0.2, 0.25) is 0 Å². The molecule has 0 aliphatic carbocycles. The van der Waals surface area contributed by atoms with Crippen LogP contribution in [-0.4, -0.2) is 36.5 Å². The van der Waals surface area contributed by atoms with Crippen molar-refractivity contribution in [2.75, 3.05) is 5.32 Å². The number of benzene rings is 1. The molecule has 0 saturated carbocycles. The second kappa shape index (κ2) is 6.95. The lowest BCUT2D eigenvalue weighted by Crippen LogP contribution is -2.11. The van der Waals surface area contributed by atoms with E-state index < -0.39 is 11.9 Å². The van der Waals surface area contributed by atoms with Crippen LogP contribution in [0.2, 0.25) is 0 Å². The van der Waals surface area contributed by atoms with Gasteiger partial charge in [-0.15, -0.1) is 0 Å². The van der Waals surface area contributed by atoms with Crippen LogP contribution >= 0.6 is 0 Å². The lowest BCUT2D eigenvalue weighted by Gasteiger charge is -2.02. The van der Waals surface area contributed by atoms with E-state index >= 15 is 0 Å². The highest BCUT2D eigenvalue weighted by molar-refractivity contribution is 6.03. The molecule has 1 aromatic carbocycles. The molecule has 25 heavy (non-hydrogen) atoms. The predicted molar refractivity (Wildman–Crippen MR) is 85.5 cm³/mol. The van der Waals surface area contributed by atoms with Gasteiger partial charge in [0.15, 0.2) is 0 Å². The van der Waals surface area contributed by atoms with E-state index in [4.69, 9.17) is 5.11 Å². The summed E-state index contributed by atoms with van der Waals surface area (Å²) in [6, 6.07) is 6.17. The highest BCUT2D eigenvalue weighted by Gasteiger charge is 2.11. The van der Waals surface area contributed by atoms with Gasteiger partial charge in [0.05, 0.1) is 30.2 Å². The molecule has 3 rings (SSSR count). The molecule has 3 aromatic rings. The number of carboxylic acids is 1. The molecule has 0 unspecified atom stereocenters. The first-order valence-electron chi connectivity index (χ1n) is 7.32. The third-order valence-corrected chi connectivity index (χ3v) is 3.32. The van der Waals surface area contributed by atoms with E-state index in [1.807, 2.05) is 0 Å². The number of nitrogens with zero attached hydrogens (tertiary/aromatic N) is 4. The molecule has 9 heteroatoms. The third kappa shape index (κ3) is 4.28. The van der Waals surface area contributed by atoms with Crippen molar-refractivity contribution >= 4 is 17.6 Å². The molecule has 0 radical (unpaired) electrons. The number of hydrogen-bond acceptors (Lipinski definition) is 4. The van der Waals surface area contributed by atoms with Crippen molar-refractivity contribution in [2.24, 2.45) is 0 Å². The molecular weight excluding hydrogens is 329 g/mol. The molecule has 2 N–H and O–H groups in total. The molecule has 1 amide bonds. The largest absolute Gasteiger partial charge is 0.480 e. The zero-order valence-corrected chi connectivity index (χ0v) is 13.0. The Morgan fingerprint density at radius 2 is 1.96 bits per heavy atom. The van der Waals surface area contributed by atoms with Crippen LogP contribution < -0.4 is 5.32 Å². The smallest absolute Gasteiger partial charge is 0.325 e. The summed E-state index contributed by atoms with van der Waals surface area (Å²) in [7, 11) is 0. The number of carboxylic acid groups (broad SMARTS) is 1. The van der Waals surface area contributed by atoms with Crippen molar-refractivity contribution < 1.29 is 19.1 Å². The molecule has 2 aromatic heterocycles. The Balaban J connectivity index is 1.63. The minimum absolute atomic E-state index is 0.235. The van der Waals surface area contributed by atoms with E-state index in [1.165, 1.54) is 30.7 Å². The van der Waals surface area contributed by atoms with Crippen molar-refractivity contribution in [3.63, 3.8) is 0 Å². The topological polar surface area (TPSA) is 102 Å². The molecule has 2 heterocycles. The minimum Gasteiger partial charge on any atom is -0.480 e. The maximum Gasteiger partial charge on any atom is 0.325 e.